The van der Waals surface area contributed by atoms with Gasteiger partial charge in [-0.1, -0.05) is 44.2 Å². The van der Waals surface area contributed by atoms with E-state index >= 15 is 0 Å². The molecule has 0 bridgehead atoms. The fraction of sp³-hybridized carbons (Fsp3) is 0.379. The number of hydrogen-bond acceptors (Lipinski definition) is 9. The molecule has 5 rings (SSSR count). The number of benzene rings is 2. The molecule has 1 aliphatic heterocycles. The second kappa shape index (κ2) is 12.5. The van der Waals surface area contributed by atoms with E-state index in [0.29, 0.717) is 39.0 Å². The Morgan fingerprint density at radius 3 is 2.23 bits per heavy atom. The van der Waals surface area contributed by atoms with E-state index < -0.39 is 50.7 Å². The SMILES string of the molecule is CC(C)(C)c1ncc2sc(N3CCN(S(=O)(=O)c4ccc(C(F)(F)F)cc4)[C@@H](C(=O)NCc4ccc(OC(F)(F)F)cc4)C3)nc2n1. The number of ether oxygens (including phenoxy) is 1. The third kappa shape index (κ3) is 7.93. The van der Waals surface area contributed by atoms with Crippen molar-refractivity contribution < 1.29 is 44.3 Å². The van der Waals surface area contributed by atoms with Gasteiger partial charge in [-0.05, 0) is 42.0 Å². The lowest BCUT2D eigenvalue weighted by Crippen LogP contribution is -2.60. The number of rotatable bonds is 7. The Labute approximate surface area is 269 Å². The largest absolute Gasteiger partial charge is 0.573 e. The van der Waals surface area contributed by atoms with Gasteiger partial charge in [0.2, 0.25) is 15.9 Å². The Balaban J connectivity index is 1.41. The molecule has 1 amide bonds. The van der Waals surface area contributed by atoms with E-state index in [1.165, 1.54) is 23.5 Å². The van der Waals surface area contributed by atoms with Crippen LogP contribution in [-0.2, 0) is 33.0 Å². The Hall–Kier alpha value is -4.03. The number of piperazine rings is 1. The van der Waals surface area contributed by atoms with Gasteiger partial charge in [0.25, 0.3) is 0 Å². The van der Waals surface area contributed by atoms with Crippen molar-refractivity contribution in [2.24, 2.45) is 0 Å². The zero-order chi connectivity index (χ0) is 34.4. The summed E-state index contributed by atoms with van der Waals surface area (Å²) in [7, 11) is -4.46. The molecule has 3 heterocycles. The van der Waals surface area contributed by atoms with Crippen LogP contribution in [0.25, 0.3) is 10.3 Å². The van der Waals surface area contributed by atoms with Gasteiger partial charge in [0.1, 0.15) is 17.6 Å². The standard InChI is InChI=1S/C29H28F6N6O4S2/c1-27(2,3)25-37-15-22-23(38-25)39-26(46-22)40-12-13-41(47(43,44)20-10-6-18(7-11-20)28(30,31)32)21(16-40)24(42)36-14-17-4-8-19(9-5-17)45-29(33,34)35/h4-11,15,21H,12-14,16H2,1-3H3,(H,36,42)/t21-/m1/s1. The summed E-state index contributed by atoms with van der Waals surface area (Å²) in [5, 5.41) is 3.08. The quantitative estimate of drug-likeness (QED) is 0.251. The molecule has 1 fully saturated rings. The lowest BCUT2D eigenvalue weighted by Gasteiger charge is -2.39. The Morgan fingerprint density at radius 2 is 1.64 bits per heavy atom. The number of halogens is 6. The highest BCUT2D eigenvalue weighted by molar-refractivity contribution is 7.89. The van der Waals surface area contributed by atoms with Crippen molar-refractivity contribution in [1.82, 2.24) is 24.6 Å². The number of hydrogen-bond donors (Lipinski definition) is 1. The monoisotopic (exact) mass is 702 g/mol. The van der Waals surface area contributed by atoms with E-state index in [-0.39, 0.29) is 31.6 Å². The third-order valence-corrected chi connectivity index (χ3v) is 10.1. The molecule has 2 aromatic heterocycles. The Bertz CT molecular complexity index is 1860. The van der Waals surface area contributed by atoms with E-state index in [4.69, 9.17) is 0 Å². The molecule has 18 heteroatoms. The predicted molar refractivity (Wildman–Crippen MR) is 160 cm³/mol. The molecule has 2 aromatic carbocycles. The highest BCUT2D eigenvalue weighted by Crippen LogP contribution is 2.33. The van der Waals surface area contributed by atoms with Crippen LogP contribution < -0.4 is 15.0 Å². The number of thiazole rings is 1. The second-order valence-electron chi connectivity index (χ2n) is 11.6. The molecule has 252 valence electrons. The predicted octanol–water partition coefficient (Wildman–Crippen LogP) is 5.50. The first-order chi connectivity index (χ1) is 21.8. The number of amides is 1. The average molecular weight is 703 g/mol. The first-order valence-corrected chi connectivity index (χ1v) is 16.3. The van der Waals surface area contributed by atoms with Gasteiger partial charge in [0, 0.05) is 31.6 Å². The average Bonchev–Trinajstić information content (AvgIpc) is 3.42. The van der Waals surface area contributed by atoms with E-state index in [1.54, 1.807) is 11.1 Å². The minimum absolute atomic E-state index is 0.101. The number of alkyl halides is 6. The molecule has 0 spiro atoms. The highest BCUT2D eigenvalue weighted by atomic mass is 32.2. The molecule has 4 aromatic rings. The highest BCUT2D eigenvalue weighted by Gasteiger charge is 2.41. The normalized spacial score (nSPS) is 16.8. The summed E-state index contributed by atoms with van der Waals surface area (Å²) in [6, 6.07) is 6.37. The van der Waals surface area contributed by atoms with Crippen LogP contribution in [0, 0.1) is 0 Å². The van der Waals surface area contributed by atoms with Gasteiger partial charge < -0.3 is 15.0 Å². The number of anilines is 1. The number of carbonyl (C=O) groups excluding carboxylic acids is 1. The fourth-order valence-electron chi connectivity index (χ4n) is 4.73. The number of aromatic nitrogens is 3. The summed E-state index contributed by atoms with van der Waals surface area (Å²) >= 11 is 1.25. The molecule has 1 atom stereocenters. The topological polar surface area (TPSA) is 118 Å². The smallest absolute Gasteiger partial charge is 0.406 e. The van der Waals surface area contributed by atoms with E-state index in [2.05, 4.69) is 25.0 Å². The van der Waals surface area contributed by atoms with Gasteiger partial charge >= 0.3 is 12.5 Å². The number of nitrogens with one attached hydrogen (secondary N) is 1. The molecule has 0 unspecified atom stereocenters. The van der Waals surface area contributed by atoms with Gasteiger partial charge in [0.05, 0.1) is 21.4 Å². The van der Waals surface area contributed by atoms with Crippen LogP contribution in [-0.4, -0.2) is 65.6 Å². The van der Waals surface area contributed by atoms with Crippen molar-refractivity contribution >= 4 is 42.7 Å². The zero-order valence-corrected chi connectivity index (χ0v) is 26.7. The molecule has 0 radical (unpaired) electrons. The van der Waals surface area contributed by atoms with E-state index in [9.17, 15) is 39.6 Å². The lowest BCUT2D eigenvalue weighted by molar-refractivity contribution is -0.274. The summed E-state index contributed by atoms with van der Waals surface area (Å²) in [5.74, 6) is -0.624. The van der Waals surface area contributed by atoms with Crippen LogP contribution >= 0.6 is 11.3 Å². The van der Waals surface area contributed by atoms with Crippen molar-refractivity contribution in [1.29, 1.82) is 0 Å². The molecular weight excluding hydrogens is 674 g/mol. The Morgan fingerprint density at radius 1 is 0.979 bits per heavy atom. The van der Waals surface area contributed by atoms with Gasteiger partial charge in [-0.2, -0.15) is 22.5 Å². The molecule has 47 heavy (non-hydrogen) atoms. The second-order valence-corrected chi connectivity index (χ2v) is 14.5. The summed E-state index contributed by atoms with van der Waals surface area (Å²) < 4.78 is 110. The number of fused-ring (bicyclic) bond motifs is 1. The van der Waals surface area contributed by atoms with Crippen molar-refractivity contribution in [2.75, 3.05) is 24.5 Å². The molecule has 0 aliphatic carbocycles. The van der Waals surface area contributed by atoms with Crippen LogP contribution in [0.15, 0.2) is 59.6 Å². The lowest BCUT2D eigenvalue weighted by atomic mass is 9.96. The van der Waals surface area contributed by atoms with Crippen molar-refractivity contribution in [3.63, 3.8) is 0 Å². The van der Waals surface area contributed by atoms with E-state index in [1.807, 2.05) is 20.8 Å². The Kier molecular flexibility index (Phi) is 9.15. The summed E-state index contributed by atoms with van der Waals surface area (Å²) in [6.07, 6.45) is -7.91. The number of nitrogens with zero attached hydrogens (tertiary/aromatic N) is 5. The number of sulfonamides is 1. The number of carbonyl (C=O) groups is 1. The minimum Gasteiger partial charge on any atom is -0.406 e. The van der Waals surface area contributed by atoms with Crippen LogP contribution in [0.2, 0.25) is 0 Å². The van der Waals surface area contributed by atoms with Crippen molar-refractivity contribution in [3.05, 3.63) is 71.7 Å². The van der Waals surface area contributed by atoms with Gasteiger partial charge in [-0.3, -0.25) is 4.79 Å². The summed E-state index contributed by atoms with van der Waals surface area (Å²) in [4.78, 5) is 28.4. The van der Waals surface area contributed by atoms with Crippen molar-refractivity contribution in [2.45, 2.75) is 56.2 Å². The maximum Gasteiger partial charge on any atom is 0.573 e. The first kappa shape index (κ1) is 34.3. The molecule has 10 nitrogen and oxygen atoms in total. The maximum absolute atomic E-state index is 13.7. The van der Waals surface area contributed by atoms with Gasteiger partial charge in [-0.25, -0.2) is 18.4 Å². The fourth-order valence-corrected chi connectivity index (χ4v) is 7.21. The minimum atomic E-state index is -4.88. The molecule has 1 aliphatic rings. The van der Waals surface area contributed by atoms with E-state index in [0.717, 1.165) is 28.6 Å². The molecular formula is C29H28F6N6O4S2. The van der Waals surface area contributed by atoms with Gasteiger partial charge in [0.15, 0.2) is 10.8 Å². The van der Waals surface area contributed by atoms with Gasteiger partial charge in [-0.15, -0.1) is 13.2 Å². The van der Waals surface area contributed by atoms with Crippen LogP contribution in [0.3, 0.4) is 0 Å². The molecule has 0 saturated carbocycles. The summed E-state index contributed by atoms with van der Waals surface area (Å²) in [6.45, 7) is 5.41. The van der Waals surface area contributed by atoms with Crippen LogP contribution in [0.1, 0.15) is 37.7 Å². The molecule has 1 saturated heterocycles. The maximum atomic E-state index is 13.7. The van der Waals surface area contributed by atoms with Crippen molar-refractivity contribution in [3.8, 4) is 5.75 Å². The third-order valence-electron chi connectivity index (χ3n) is 7.13. The zero-order valence-electron chi connectivity index (χ0n) is 25.1. The first-order valence-electron chi connectivity index (χ1n) is 14.0. The van der Waals surface area contributed by atoms with Crippen LogP contribution in [0.5, 0.6) is 5.75 Å². The summed E-state index contributed by atoms with van der Waals surface area (Å²) in [5.41, 5.74) is -0.540. The van der Waals surface area contributed by atoms with Crippen LogP contribution in [0.4, 0.5) is 31.5 Å². The molecule has 1 N–H and O–H groups in total.